The van der Waals surface area contributed by atoms with Gasteiger partial charge in [-0.05, 0) is 37.1 Å². The standard InChI is InChI=1S/C24H24BrF3O3/c25-15-7-3-1-2-4-8-16-30-23-21(29)19-9-5-6-10-20(19)31-22(23)17-11-13-18(14-12-17)24(26,27)28/h5-6,9-14H,1-4,7-8,15-16H2. The fraction of sp³-hybridized carbons (Fsp3) is 0.375. The number of para-hydroxylation sites is 1. The summed E-state index contributed by atoms with van der Waals surface area (Å²) in [4.78, 5) is 13.0. The second-order valence-corrected chi connectivity index (χ2v) is 8.11. The summed E-state index contributed by atoms with van der Waals surface area (Å²) in [6, 6.07) is 11.3. The quantitative estimate of drug-likeness (QED) is 0.214. The van der Waals surface area contributed by atoms with Crippen LogP contribution < -0.4 is 10.2 Å². The van der Waals surface area contributed by atoms with Crippen molar-refractivity contribution in [2.45, 2.75) is 44.7 Å². The van der Waals surface area contributed by atoms with Gasteiger partial charge in [-0.2, -0.15) is 13.2 Å². The monoisotopic (exact) mass is 496 g/mol. The van der Waals surface area contributed by atoms with Gasteiger partial charge in [-0.15, -0.1) is 0 Å². The Morgan fingerprint density at radius 1 is 0.871 bits per heavy atom. The van der Waals surface area contributed by atoms with Crippen molar-refractivity contribution >= 4 is 26.9 Å². The maximum Gasteiger partial charge on any atom is 0.416 e. The lowest BCUT2D eigenvalue weighted by molar-refractivity contribution is -0.137. The zero-order chi connectivity index (χ0) is 22.3. The van der Waals surface area contributed by atoms with Crippen LogP contribution in [-0.2, 0) is 6.18 Å². The third-order valence-electron chi connectivity index (χ3n) is 5.00. The van der Waals surface area contributed by atoms with Crippen molar-refractivity contribution in [3.63, 3.8) is 0 Å². The van der Waals surface area contributed by atoms with Crippen LogP contribution in [0.15, 0.2) is 57.7 Å². The van der Waals surface area contributed by atoms with Crippen LogP contribution in [0.25, 0.3) is 22.3 Å². The number of hydrogen-bond donors (Lipinski definition) is 0. The molecule has 0 atom stereocenters. The van der Waals surface area contributed by atoms with E-state index in [4.69, 9.17) is 9.15 Å². The topological polar surface area (TPSA) is 39.4 Å². The Hall–Kier alpha value is -2.28. The van der Waals surface area contributed by atoms with Gasteiger partial charge in [0.1, 0.15) is 5.58 Å². The van der Waals surface area contributed by atoms with Crippen LogP contribution >= 0.6 is 15.9 Å². The van der Waals surface area contributed by atoms with E-state index in [-0.39, 0.29) is 16.9 Å². The molecule has 0 radical (unpaired) electrons. The van der Waals surface area contributed by atoms with Crippen molar-refractivity contribution in [2.24, 2.45) is 0 Å². The highest BCUT2D eigenvalue weighted by Crippen LogP contribution is 2.34. The van der Waals surface area contributed by atoms with Crippen LogP contribution in [0, 0.1) is 0 Å². The molecule has 7 heteroatoms. The molecule has 0 spiro atoms. The number of alkyl halides is 4. The SMILES string of the molecule is O=c1c(OCCCCCCCCBr)c(-c2ccc(C(F)(F)F)cc2)oc2ccccc12. The van der Waals surface area contributed by atoms with Gasteiger partial charge in [-0.25, -0.2) is 0 Å². The second kappa shape index (κ2) is 10.8. The summed E-state index contributed by atoms with van der Waals surface area (Å²) in [5, 5.41) is 1.39. The van der Waals surface area contributed by atoms with Crippen LogP contribution in [0.2, 0.25) is 0 Å². The lowest BCUT2D eigenvalue weighted by Crippen LogP contribution is -2.11. The van der Waals surface area contributed by atoms with Crippen LogP contribution in [0.3, 0.4) is 0 Å². The van der Waals surface area contributed by atoms with Crippen molar-refractivity contribution in [2.75, 3.05) is 11.9 Å². The Morgan fingerprint density at radius 2 is 1.52 bits per heavy atom. The molecule has 0 amide bonds. The predicted octanol–water partition coefficient (Wildman–Crippen LogP) is 7.59. The number of halogens is 4. The molecule has 0 N–H and O–H groups in total. The summed E-state index contributed by atoms with van der Waals surface area (Å²) in [5.74, 6) is 0.187. The normalized spacial score (nSPS) is 11.7. The summed E-state index contributed by atoms with van der Waals surface area (Å²) in [6.45, 7) is 0.342. The minimum absolute atomic E-state index is 0.0396. The maximum atomic E-state index is 13.0. The van der Waals surface area contributed by atoms with Gasteiger partial charge in [-0.1, -0.05) is 65.9 Å². The third kappa shape index (κ3) is 6.12. The van der Waals surface area contributed by atoms with Crippen LogP contribution in [0.1, 0.15) is 44.1 Å². The van der Waals surface area contributed by atoms with E-state index < -0.39 is 11.7 Å². The number of fused-ring (bicyclic) bond motifs is 1. The molecule has 1 aromatic heterocycles. The average molecular weight is 497 g/mol. The van der Waals surface area contributed by atoms with E-state index >= 15 is 0 Å². The number of hydrogen-bond acceptors (Lipinski definition) is 3. The molecule has 166 valence electrons. The largest absolute Gasteiger partial charge is 0.486 e. The summed E-state index contributed by atoms with van der Waals surface area (Å²) in [7, 11) is 0. The fourth-order valence-corrected chi connectivity index (χ4v) is 3.73. The van der Waals surface area contributed by atoms with E-state index in [0.717, 1.165) is 49.6 Å². The number of ether oxygens (including phenoxy) is 1. The van der Waals surface area contributed by atoms with Crippen molar-refractivity contribution in [3.8, 4) is 17.1 Å². The number of benzene rings is 2. The number of unbranched alkanes of at least 4 members (excludes halogenated alkanes) is 5. The van der Waals surface area contributed by atoms with E-state index in [1.165, 1.54) is 18.6 Å². The molecule has 2 aromatic carbocycles. The molecule has 0 aliphatic heterocycles. The van der Waals surface area contributed by atoms with Gasteiger partial charge in [0.15, 0.2) is 5.76 Å². The Labute approximate surface area is 187 Å². The van der Waals surface area contributed by atoms with Gasteiger partial charge in [-0.3, -0.25) is 4.79 Å². The van der Waals surface area contributed by atoms with E-state index in [2.05, 4.69) is 15.9 Å². The minimum atomic E-state index is -4.43. The van der Waals surface area contributed by atoms with Gasteiger partial charge >= 0.3 is 6.18 Å². The molecule has 0 fully saturated rings. The first-order valence-electron chi connectivity index (χ1n) is 10.3. The van der Waals surface area contributed by atoms with Crippen molar-refractivity contribution in [1.82, 2.24) is 0 Å². The van der Waals surface area contributed by atoms with Crippen LogP contribution in [0.4, 0.5) is 13.2 Å². The van der Waals surface area contributed by atoms with E-state index in [1.54, 1.807) is 24.3 Å². The van der Waals surface area contributed by atoms with Crippen molar-refractivity contribution in [1.29, 1.82) is 0 Å². The first kappa shape index (κ1) is 23.4. The Bertz CT molecular complexity index is 1040. The van der Waals surface area contributed by atoms with Crippen LogP contribution in [-0.4, -0.2) is 11.9 Å². The predicted molar refractivity (Wildman–Crippen MR) is 120 cm³/mol. The lowest BCUT2D eigenvalue weighted by atomic mass is 10.1. The molecular formula is C24H24BrF3O3. The molecule has 3 aromatic rings. The molecule has 0 saturated heterocycles. The van der Waals surface area contributed by atoms with Gasteiger partial charge in [0.25, 0.3) is 0 Å². The molecule has 0 aliphatic rings. The summed E-state index contributed by atoms with van der Waals surface area (Å²) in [6.07, 6.45) is 1.92. The van der Waals surface area contributed by atoms with Gasteiger partial charge < -0.3 is 9.15 Å². The molecule has 31 heavy (non-hydrogen) atoms. The minimum Gasteiger partial charge on any atom is -0.486 e. The Morgan fingerprint density at radius 3 is 2.19 bits per heavy atom. The average Bonchev–Trinajstić information content (AvgIpc) is 2.76. The Balaban J connectivity index is 1.82. The first-order chi connectivity index (χ1) is 14.9. The zero-order valence-electron chi connectivity index (χ0n) is 17.0. The summed E-state index contributed by atoms with van der Waals surface area (Å²) in [5.41, 5.74) is -0.363. The molecule has 3 nitrogen and oxygen atoms in total. The first-order valence-corrected chi connectivity index (χ1v) is 11.5. The van der Waals surface area contributed by atoms with Gasteiger partial charge in [0.05, 0.1) is 17.6 Å². The molecule has 3 rings (SSSR count). The van der Waals surface area contributed by atoms with Crippen molar-refractivity contribution < 1.29 is 22.3 Å². The van der Waals surface area contributed by atoms with E-state index in [9.17, 15) is 18.0 Å². The van der Waals surface area contributed by atoms with E-state index in [0.29, 0.717) is 23.1 Å². The third-order valence-corrected chi connectivity index (χ3v) is 5.57. The molecule has 0 unspecified atom stereocenters. The smallest absolute Gasteiger partial charge is 0.416 e. The second-order valence-electron chi connectivity index (χ2n) is 7.32. The van der Waals surface area contributed by atoms with Gasteiger partial charge in [0, 0.05) is 10.9 Å². The maximum absolute atomic E-state index is 13.0. The molecule has 0 aliphatic carbocycles. The fourth-order valence-electron chi connectivity index (χ4n) is 3.33. The van der Waals surface area contributed by atoms with Gasteiger partial charge in [0.2, 0.25) is 11.2 Å². The number of rotatable bonds is 10. The van der Waals surface area contributed by atoms with Crippen LogP contribution in [0.5, 0.6) is 5.75 Å². The lowest BCUT2D eigenvalue weighted by Gasteiger charge is -2.13. The summed E-state index contributed by atoms with van der Waals surface area (Å²) < 4.78 is 50.4. The summed E-state index contributed by atoms with van der Waals surface area (Å²) >= 11 is 3.42. The highest BCUT2D eigenvalue weighted by atomic mass is 79.9. The highest BCUT2D eigenvalue weighted by molar-refractivity contribution is 9.09. The van der Waals surface area contributed by atoms with Crippen molar-refractivity contribution in [3.05, 3.63) is 64.3 Å². The molecular weight excluding hydrogens is 473 g/mol. The molecule has 0 saturated carbocycles. The highest BCUT2D eigenvalue weighted by Gasteiger charge is 2.30. The zero-order valence-corrected chi connectivity index (χ0v) is 18.6. The Kier molecular flexibility index (Phi) is 8.18. The molecule has 1 heterocycles. The van der Waals surface area contributed by atoms with E-state index in [1.807, 2.05) is 0 Å². The molecule has 0 bridgehead atoms.